The third-order valence-corrected chi connectivity index (χ3v) is 4.54. The predicted molar refractivity (Wildman–Crippen MR) is 82.6 cm³/mol. The quantitative estimate of drug-likeness (QED) is 0.927. The molecule has 2 aliphatic rings. The average molecular weight is 326 g/mol. The minimum Gasteiger partial charge on any atom is -0.496 e. The van der Waals surface area contributed by atoms with E-state index < -0.39 is 0 Å². The number of amides is 1. The number of methoxy groups -OCH3 is 1. The van der Waals surface area contributed by atoms with Crippen molar-refractivity contribution in [1.29, 1.82) is 0 Å². The van der Waals surface area contributed by atoms with Crippen LogP contribution in [-0.2, 0) is 9.47 Å². The fraction of sp³-hybridized carbons (Fsp3) is 0.562. The first-order chi connectivity index (χ1) is 10.6. The highest BCUT2D eigenvalue weighted by atomic mass is 35.5. The van der Waals surface area contributed by atoms with Gasteiger partial charge in [0.15, 0.2) is 0 Å². The van der Waals surface area contributed by atoms with E-state index in [4.69, 9.17) is 25.8 Å². The Kier molecular flexibility index (Phi) is 4.57. The van der Waals surface area contributed by atoms with Crippen molar-refractivity contribution in [1.82, 2.24) is 5.32 Å². The van der Waals surface area contributed by atoms with Crippen LogP contribution in [0.3, 0.4) is 0 Å². The molecule has 0 aliphatic carbocycles. The highest BCUT2D eigenvalue weighted by Crippen LogP contribution is 2.33. The number of benzene rings is 1. The maximum absolute atomic E-state index is 12.5. The molecule has 5 nitrogen and oxygen atoms in total. The van der Waals surface area contributed by atoms with Crippen molar-refractivity contribution in [2.24, 2.45) is 0 Å². The van der Waals surface area contributed by atoms with Crippen LogP contribution in [0.5, 0.6) is 5.75 Å². The van der Waals surface area contributed by atoms with Gasteiger partial charge in [-0.3, -0.25) is 4.79 Å². The number of ether oxygens (including phenoxy) is 3. The van der Waals surface area contributed by atoms with Crippen molar-refractivity contribution >= 4 is 17.5 Å². The van der Waals surface area contributed by atoms with E-state index in [1.54, 1.807) is 18.2 Å². The van der Waals surface area contributed by atoms with Gasteiger partial charge >= 0.3 is 0 Å². The van der Waals surface area contributed by atoms with Crippen LogP contribution in [-0.4, -0.2) is 44.5 Å². The molecule has 22 heavy (non-hydrogen) atoms. The van der Waals surface area contributed by atoms with Gasteiger partial charge in [0.05, 0.1) is 24.9 Å². The molecule has 2 aliphatic heterocycles. The summed E-state index contributed by atoms with van der Waals surface area (Å²) in [6, 6.07) is 5.11. The Morgan fingerprint density at radius 1 is 1.45 bits per heavy atom. The van der Waals surface area contributed by atoms with Gasteiger partial charge in [0.1, 0.15) is 5.75 Å². The largest absolute Gasteiger partial charge is 0.496 e. The molecule has 1 spiro atoms. The minimum absolute atomic E-state index is 0.0864. The number of carbonyl (C=O) groups is 1. The molecule has 0 unspecified atom stereocenters. The Hall–Kier alpha value is -1.30. The first-order valence-electron chi connectivity index (χ1n) is 7.48. The number of hydrogen-bond donors (Lipinski definition) is 1. The molecule has 1 aromatic carbocycles. The second-order valence-electron chi connectivity index (χ2n) is 5.84. The second kappa shape index (κ2) is 6.44. The molecule has 1 N–H and O–H groups in total. The van der Waals surface area contributed by atoms with Crippen molar-refractivity contribution in [2.45, 2.75) is 30.9 Å². The summed E-state index contributed by atoms with van der Waals surface area (Å²) in [6.45, 7) is 1.99. The fourth-order valence-electron chi connectivity index (χ4n) is 3.13. The second-order valence-corrected chi connectivity index (χ2v) is 6.28. The molecule has 2 atom stereocenters. The van der Waals surface area contributed by atoms with Crippen molar-refractivity contribution in [2.75, 3.05) is 26.9 Å². The highest BCUT2D eigenvalue weighted by molar-refractivity contribution is 6.30. The van der Waals surface area contributed by atoms with Crippen molar-refractivity contribution in [3.8, 4) is 5.75 Å². The van der Waals surface area contributed by atoms with Crippen LogP contribution in [0, 0.1) is 0 Å². The van der Waals surface area contributed by atoms with Gasteiger partial charge in [-0.2, -0.15) is 0 Å². The van der Waals surface area contributed by atoms with Crippen LogP contribution in [0.25, 0.3) is 0 Å². The Labute approximate surface area is 134 Å². The topological polar surface area (TPSA) is 56.8 Å². The van der Waals surface area contributed by atoms with Gasteiger partial charge in [0, 0.05) is 30.7 Å². The molecule has 1 aromatic rings. The molecule has 2 saturated heterocycles. The van der Waals surface area contributed by atoms with Crippen LogP contribution in [0.4, 0.5) is 0 Å². The zero-order valence-corrected chi connectivity index (χ0v) is 13.3. The Balaban J connectivity index is 1.69. The van der Waals surface area contributed by atoms with E-state index in [0.717, 1.165) is 25.9 Å². The van der Waals surface area contributed by atoms with Crippen LogP contribution in [0.2, 0.25) is 5.02 Å². The van der Waals surface area contributed by atoms with E-state index in [-0.39, 0.29) is 17.6 Å². The van der Waals surface area contributed by atoms with Crippen LogP contribution in [0.1, 0.15) is 29.6 Å². The third kappa shape index (κ3) is 3.21. The molecule has 0 bridgehead atoms. The normalized spacial score (nSPS) is 27.8. The van der Waals surface area contributed by atoms with Gasteiger partial charge < -0.3 is 19.5 Å². The number of halogens is 1. The summed E-state index contributed by atoms with van der Waals surface area (Å²) >= 11 is 5.93. The Morgan fingerprint density at radius 2 is 2.32 bits per heavy atom. The van der Waals surface area contributed by atoms with Gasteiger partial charge in [0.25, 0.3) is 5.91 Å². The Bertz CT molecular complexity index is 557. The monoisotopic (exact) mass is 325 g/mol. The van der Waals surface area contributed by atoms with Crippen molar-refractivity contribution in [3.05, 3.63) is 28.8 Å². The van der Waals surface area contributed by atoms with Crippen molar-refractivity contribution < 1.29 is 19.0 Å². The third-order valence-electron chi connectivity index (χ3n) is 4.30. The highest BCUT2D eigenvalue weighted by Gasteiger charge is 2.41. The zero-order chi connectivity index (χ0) is 15.6. The summed E-state index contributed by atoms with van der Waals surface area (Å²) in [5, 5.41) is 3.63. The van der Waals surface area contributed by atoms with Gasteiger partial charge in [-0.25, -0.2) is 0 Å². The summed E-state index contributed by atoms with van der Waals surface area (Å²) in [4.78, 5) is 12.5. The maximum atomic E-state index is 12.5. The fourth-order valence-corrected chi connectivity index (χ4v) is 3.29. The maximum Gasteiger partial charge on any atom is 0.255 e. The number of nitrogens with one attached hydrogen (secondary N) is 1. The molecule has 120 valence electrons. The molecule has 0 saturated carbocycles. The lowest BCUT2D eigenvalue weighted by molar-refractivity contribution is -0.0881. The molecule has 6 heteroatoms. The molecule has 0 radical (unpaired) electrons. The summed E-state index contributed by atoms with van der Waals surface area (Å²) in [5.74, 6) is 0.338. The molecular weight excluding hydrogens is 306 g/mol. The molecule has 0 aromatic heterocycles. The lowest BCUT2D eigenvalue weighted by Crippen LogP contribution is -2.49. The van der Waals surface area contributed by atoms with Gasteiger partial charge in [-0.1, -0.05) is 11.6 Å². The SMILES string of the molecule is COc1cc(Cl)ccc1C(=O)N[C@H]1CCO[C@@]2(CCOC2)C1. The molecule has 2 fully saturated rings. The van der Waals surface area contributed by atoms with E-state index in [1.807, 2.05) is 0 Å². The van der Waals surface area contributed by atoms with Crippen LogP contribution >= 0.6 is 11.6 Å². The summed E-state index contributed by atoms with van der Waals surface area (Å²) in [7, 11) is 1.53. The van der Waals surface area contributed by atoms with E-state index >= 15 is 0 Å². The molecule has 3 rings (SSSR count). The van der Waals surface area contributed by atoms with Crippen molar-refractivity contribution in [3.63, 3.8) is 0 Å². The summed E-state index contributed by atoms with van der Waals surface area (Å²) < 4.78 is 16.6. The standard InChI is InChI=1S/C16H20ClNO4/c1-20-14-8-11(17)2-3-13(14)15(19)18-12-4-6-22-16(9-12)5-7-21-10-16/h2-3,8,12H,4-7,9-10H2,1H3,(H,18,19)/t12-,16-/m0/s1. The lowest BCUT2D eigenvalue weighted by atomic mass is 9.89. The molecule has 2 heterocycles. The Morgan fingerprint density at radius 3 is 3.05 bits per heavy atom. The number of rotatable bonds is 3. The first-order valence-corrected chi connectivity index (χ1v) is 7.86. The van der Waals surface area contributed by atoms with E-state index in [1.165, 1.54) is 7.11 Å². The van der Waals surface area contributed by atoms with E-state index in [9.17, 15) is 4.79 Å². The summed E-state index contributed by atoms with van der Waals surface area (Å²) in [6.07, 6.45) is 2.49. The number of hydrogen-bond acceptors (Lipinski definition) is 4. The van der Waals surface area contributed by atoms with Gasteiger partial charge in [-0.15, -0.1) is 0 Å². The average Bonchev–Trinajstić information content (AvgIpc) is 2.94. The van der Waals surface area contributed by atoms with Crippen LogP contribution in [0.15, 0.2) is 18.2 Å². The summed E-state index contributed by atoms with van der Waals surface area (Å²) in [5.41, 5.74) is 0.274. The van der Waals surface area contributed by atoms with Crippen LogP contribution < -0.4 is 10.1 Å². The predicted octanol–water partition coefficient (Wildman–Crippen LogP) is 2.42. The lowest BCUT2D eigenvalue weighted by Gasteiger charge is -2.37. The first kappa shape index (κ1) is 15.6. The van der Waals surface area contributed by atoms with E-state index in [2.05, 4.69) is 5.32 Å². The minimum atomic E-state index is -0.222. The molecule has 1 amide bonds. The number of carbonyl (C=O) groups excluding carboxylic acids is 1. The van der Waals surface area contributed by atoms with Gasteiger partial charge in [0.2, 0.25) is 0 Å². The van der Waals surface area contributed by atoms with Gasteiger partial charge in [-0.05, 0) is 31.0 Å². The smallest absolute Gasteiger partial charge is 0.255 e. The molecular formula is C16H20ClNO4. The van der Waals surface area contributed by atoms with E-state index in [0.29, 0.717) is 29.5 Å². The zero-order valence-electron chi connectivity index (χ0n) is 12.6.